The molecule has 88 valence electrons. The van der Waals surface area contributed by atoms with Crippen LogP contribution in [-0.4, -0.2) is 29.4 Å². The molecule has 0 heterocycles. The molecule has 1 aliphatic carbocycles. The standard InChI is InChI=1S/C12H24N2O/c1-5-8-14(9-6-7-9)11(15)10(13)12(2,3)4/h9-10H,5-8,13H2,1-4H3/t10-/m0/s1. The first-order chi connectivity index (χ1) is 6.88. The third-order valence-corrected chi connectivity index (χ3v) is 2.93. The Kier molecular flexibility index (Phi) is 3.77. The maximum absolute atomic E-state index is 12.2. The lowest BCUT2D eigenvalue weighted by atomic mass is 9.86. The van der Waals surface area contributed by atoms with Crippen LogP contribution >= 0.6 is 0 Å². The molecule has 1 fully saturated rings. The zero-order chi connectivity index (χ0) is 11.6. The first-order valence-corrected chi connectivity index (χ1v) is 5.94. The second-order valence-corrected chi connectivity index (χ2v) is 5.61. The van der Waals surface area contributed by atoms with Crippen LogP contribution in [0.15, 0.2) is 0 Å². The Bertz CT molecular complexity index is 228. The van der Waals surface area contributed by atoms with Gasteiger partial charge in [0.15, 0.2) is 0 Å². The van der Waals surface area contributed by atoms with Gasteiger partial charge >= 0.3 is 0 Å². The quantitative estimate of drug-likeness (QED) is 0.772. The topological polar surface area (TPSA) is 46.3 Å². The Morgan fingerprint density at radius 1 is 1.47 bits per heavy atom. The Morgan fingerprint density at radius 2 is 2.00 bits per heavy atom. The predicted octanol–water partition coefficient (Wildman–Crippen LogP) is 1.76. The molecule has 0 aromatic heterocycles. The van der Waals surface area contributed by atoms with E-state index in [1.807, 2.05) is 25.7 Å². The van der Waals surface area contributed by atoms with Crippen molar-refractivity contribution >= 4 is 5.91 Å². The first-order valence-electron chi connectivity index (χ1n) is 5.94. The van der Waals surface area contributed by atoms with Gasteiger partial charge in [-0.2, -0.15) is 0 Å². The van der Waals surface area contributed by atoms with Crippen LogP contribution in [-0.2, 0) is 4.79 Å². The first kappa shape index (κ1) is 12.5. The van der Waals surface area contributed by atoms with Crippen molar-refractivity contribution in [1.82, 2.24) is 4.90 Å². The van der Waals surface area contributed by atoms with E-state index in [2.05, 4.69) is 6.92 Å². The van der Waals surface area contributed by atoms with E-state index >= 15 is 0 Å². The highest BCUT2D eigenvalue weighted by atomic mass is 16.2. The van der Waals surface area contributed by atoms with E-state index in [-0.39, 0.29) is 17.4 Å². The summed E-state index contributed by atoms with van der Waals surface area (Å²) in [5.74, 6) is 0.131. The molecule has 2 N–H and O–H groups in total. The van der Waals surface area contributed by atoms with E-state index in [4.69, 9.17) is 5.73 Å². The SMILES string of the molecule is CCCN(C(=O)[C@H](N)C(C)(C)C)C1CC1. The summed E-state index contributed by atoms with van der Waals surface area (Å²) in [5, 5.41) is 0. The van der Waals surface area contributed by atoms with Crippen LogP contribution in [0.5, 0.6) is 0 Å². The summed E-state index contributed by atoms with van der Waals surface area (Å²) in [6.45, 7) is 9.02. The third kappa shape index (κ3) is 3.20. The molecule has 0 aromatic rings. The molecule has 0 aromatic carbocycles. The van der Waals surface area contributed by atoms with E-state index in [0.717, 1.165) is 25.8 Å². The second kappa shape index (κ2) is 4.52. The van der Waals surface area contributed by atoms with Crippen molar-refractivity contribution in [2.24, 2.45) is 11.1 Å². The highest BCUT2D eigenvalue weighted by Crippen LogP contribution is 2.29. The molecule has 1 amide bonds. The fraction of sp³-hybridized carbons (Fsp3) is 0.917. The maximum atomic E-state index is 12.2. The van der Waals surface area contributed by atoms with E-state index in [9.17, 15) is 4.79 Å². The Hall–Kier alpha value is -0.570. The van der Waals surface area contributed by atoms with Gasteiger partial charge in [-0.1, -0.05) is 27.7 Å². The van der Waals surface area contributed by atoms with E-state index < -0.39 is 0 Å². The van der Waals surface area contributed by atoms with Crippen molar-refractivity contribution in [2.75, 3.05) is 6.54 Å². The summed E-state index contributed by atoms with van der Waals surface area (Å²) < 4.78 is 0. The molecule has 3 nitrogen and oxygen atoms in total. The van der Waals surface area contributed by atoms with E-state index in [1.165, 1.54) is 0 Å². The molecular formula is C12H24N2O. The minimum atomic E-state index is -0.371. The molecule has 0 bridgehead atoms. The van der Waals surface area contributed by atoms with Crippen molar-refractivity contribution in [2.45, 2.75) is 59.0 Å². The molecule has 0 unspecified atom stereocenters. The normalized spacial score (nSPS) is 18.7. The van der Waals surface area contributed by atoms with Crippen LogP contribution in [0, 0.1) is 5.41 Å². The Morgan fingerprint density at radius 3 is 2.33 bits per heavy atom. The number of nitrogens with zero attached hydrogens (tertiary/aromatic N) is 1. The molecular weight excluding hydrogens is 188 g/mol. The number of hydrogen-bond acceptors (Lipinski definition) is 2. The molecule has 15 heavy (non-hydrogen) atoms. The van der Waals surface area contributed by atoms with Gasteiger partial charge < -0.3 is 10.6 Å². The monoisotopic (exact) mass is 212 g/mol. The predicted molar refractivity (Wildman–Crippen MR) is 62.5 cm³/mol. The molecule has 3 heteroatoms. The summed E-state index contributed by atoms with van der Waals surface area (Å²) >= 11 is 0. The molecule has 0 aliphatic heterocycles. The minimum absolute atomic E-state index is 0.131. The highest BCUT2D eigenvalue weighted by molar-refractivity contribution is 5.83. The van der Waals surface area contributed by atoms with Crippen LogP contribution in [0.2, 0.25) is 0 Å². The smallest absolute Gasteiger partial charge is 0.240 e. The van der Waals surface area contributed by atoms with Crippen molar-refractivity contribution in [1.29, 1.82) is 0 Å². The maximum Gasteiger partial charge on any atom is 0.240 e. The average Bonchev–Trinajstić information content (AvgIpc) is 2.93. The lowest BCUT2D eigenvalue weighted by Gasteiger charge is -2.32. The number of nitrogens with two attached hydrogens (primary N) is 1. The molecule has 0 spiro atoms. The molecule has 1 saturated carbocycles. The lowest BCUT2D eigenvalue weighted by molar-refractivity contribution is -0.135. The molecule has 1 atom stereocenters. The van der Waals surface area contributed by atoms with Crippen LogP contribution in [0.25, 0.3) is 0 Å². The average molecular weight is 212 g/mol. The van der Waals surface area contributed by atoms with Gasteiger partial charge in [0.25, 0.3) is 0 Å². The van der Waals surface area contributed by atoms with Gasteiger partial charge in [0.2, 0.25) is 5.91 Å². The van der Waals surface area contributed by atoms with Gasteiger partial charge in [-0.3, -0.25) is 4.79 Å². The van der Waals surface area contributed by atoms with Gasteiger partial charge in [-0.05, 0) is 24.7 Å². The van der Waals surface area contributed by atoms with E-state index in [1.54, 1.807) is 0 Å². The van der Waals surface area contributed by atoms with Crippen molar-refractivity contribution < 1.29 is 4.79 Å². The number of amides is 1. The fourth-order valence-electron chi connectivity index (χ4n) is 1.65. The summed E-state index contributed by atoms with van der Waals surface area (Å²) in [4.78, 5) is 14.1. The zero-order valence-electron chi connectivity index (χ0n) is 10.4. The third-order valence-electron chi connectivity index (χ3n) is 2.93. The largest absolute Gasteiger partial charge is 0.338 e. The molecule has 0 radical (unpaired) electrons. The van der Waals surface area contributed by atoms with Gasteiger partial charge in [0.1, 0.15) is 0 Å². The van der Waals surface area contributed by atoms with Gasteiger partial charge in [0, 0.05) is 12.6 Å². The number of carbonyl (C=O) groups excluding carboxylic acids is 1. The fourth-order valence-corrected chi connectivity index (χ4v) is 1.65. The van der Waals surface area contributed by atoms with Crippen molar-refractivity contribution in [3.8, 4) is 0 Å². The highest BCUT2D eigenvalue weighted by Gasteiger charge is 2.37. The number of rotatable bonds is 4. The van der Waals surface area contributed by atoms with Crippen LogP contribution in [0.3, 0.4) is 0 Å². The number of hydrogen-bond donors (Lipinski definition) is 1. The Balaban J connectivity index is 2.63. The summed E-state index contributed by atoms with van der Waals surface area (Å²) in [7, 11) is 0. The number of carbonyl (C=O) groups is 1. The van der Waals surface area contributed by atoms with E-state index in [0.29, 0.717) is 6.04 Å². The molecule has 1 aliphatic rings. The summed E-state index contributed by atoms with van der Waals surface area (Å²) in [6, 6.07) is 0.107. The lowest BCUT2D eigenvalue weighted by Crippen LogP contribution is -2.51. The summed E-state index contributed by atoms with van der Waals surface area (Å²) in [5.41, 5.74) is 5.86. The van der Waals surface area contributed by atoms with Crippen molar-refractivity contribution in [3.63, 3.8) is 0 Å². The summed E-state index contributed by atoms with van der Waals surface area (Å²) in [6.07, 6.45) is 3.32. The molecule has 0 saturated heterocycles. The minimum Gasteiger partial charge on any atom is -0.338 e. The van der Waals surface area contributed by atoms with Crippen LogP contribution in [0.1, 0.15) is 47.0 Å². The second-order valence-electron chi connectivity index (χ2n) is 5.61. The van der Waals surface area contributed by atoms with Gasteiger partial charge in [-0.15, -0.1) is 0 Å². The van der Waals surface area contributed by atoms with Gasteiger partial charge in [0.05, 0.1) is 6.04 Å². The Labute approximate surface area is 93.0 Å². The van der Waals surface area contributed by atoms with Gasteiger partial charge in [-0.25, -0.2) is 0 Å². The van der Waals surface area contributed by atoms with Crippen molar-refractivity contribution in [3.05, 3.63) is 0 Å². The molecule has 1 rings (SSSR count). The zero-order valence-corrected chi connectivity index (χ0v) is 10.4. The van der Waals surface area contributed by atoms with Crippen LogP contribution in [0.4, 0.5) is 0 Å². The van der Waals surface area contributed by atoms with Crippen LogP contribution < -0.4 is 5.73 Å².